The van der Waals surface area contributed by atoms with Crippen LogP contribution in [-0.2, 0) is 6.61 Å². The first-order valence-electron chi connectivity index (χ1n) is 9.47. The van der Waals surface area contributed by atoms with Crippen LogP contribution in [0.5, 0.6) is 0 Å². The van der Waals surface area contributed by atoms with Gasteiger partial charge in [0.1, 0.15) is 6.17 Å². The van der Waals surface area contributed by atoms with E-state index in [-0.39, 0.29) is 12.5 Å². The molecule has 1 heterocycles. The van der Waals surface area contributed by atoms with Gasteiger partial charge in [-0.2, -0.15) is 5.10 Å². The smallest absolute Gasteiger partial charge is 0.251 e. The molecule has 0 radical (unpaired) electrons. The second-order valence-corrected chi connectivity index (χ2v) is 7.33. The number of benzene rings is 2. The van der Waals surface area contributed by atoms with Crippen molar-refractivity contribution in [2.45, 2.75) is 38.6 Å². The van der Waals surface area contributed by atoms with Crippen molar-refractivity contribution in [2.24, 2.45) is 10.8 Å². The van der Waals surface area contributed by atoms with E-state index in [0.717, 1.165) is 40.8 Å². The second kappa shape index (κ2) is 7.58. The van der Waals surface area contributed by atoms with Gasteiger partial charge in [0.15, 0.2) is 0 Å². The Morgan fingerprint density at radius 2 is 2.14 bits per heavy atom. The molecule has 2 aliphatic rings. The Labute approximate surface area is 164 Å². The van der Waals surface area contributed by atoms with Gasteiger partial charge < -0.3 is 16.2 Å². The fraction of sp³-hybridized carbons (Fsp3) is 0.273. The molecule has 4 N–H and O–H groups in total. The normalized spacial score (nSPS) is 20.0. The number of anilines is 1. The predicted octanol–water partition coefficient (Wildman–Crippen LogP) is 2.55. The van der Waals surface area contributed by atoms with E-state index in [1.807, 2.05) is 55.5 Å². The molecule has 0 aromatic heterocycles. The molecule has 6 nitrogen and oxygen atoms in total. The van der Waals surface area contributed by atoms with Crippen LogP contribution in [0.25, 0.3) is 6.08 Å². The molecular weight excluding hydrogens is 352 g/mol. The molecule has 1 unspecified atom stereocenters. The number of rotatable bonds is 5. The second-order valence-electron chi connectivity index (χ2n) is 7.33. The standard InChI is InChI=1S/C22H24N4O2/c1-14-5-6-17(22(28)25-19-7-8-19)11-20(14)26-21(23)18(12-24-26)10-15-3-2-4-16(9-15)13-27/h2-6,9-12,19,21,27H,7-8,13,23H2,1H3,(H,25,28). The lowest BCUT2D eigenvalue weighted by Gasteiger charge is -2.23. The SMILES string of the molecule is Cc1ccc(C(=O)NC2CC2)cc1N1N=CC(=Cc2cccc(CO)c2)C1N. The molecule has 0 bridgehead atoms. The van der Waals surface area contributed by atoms with Gasteiger partial charge in [0, 0.05) is 17.2 Å². The Morgan fingerprint density at radius 3 is 2.89 bits per heavy atom. The van der Waals surface area contributed by atoms with Crippen molar-refractivity contribution >= 4 is 23.9 Å². The number of hydrogen-bond donors (Lipinski definition) is 3. The van der Waals surface area contributed by atoms with Crippen molar-refractivity contribution in [1.29, 1.82) is 0 Å². The van der Waals surface area contributed by atoms with Gasteiger partial charge in [-0.15, -0.1) is 0 Å². The summed E-state index contributed by atoms with van der Waals surface area (Å²) in [7, 11) is 0. The van der Waals surface area contributed by atoms with Crippen LogP contribution < -0.4 is 16.1 Å². The molecule has 0 saturated heterocycles. The Morgan fingerprint density at radius 1 is 1.32 bits per heavy atom. The van der Waals surface area contributed by atoms with E-state index < -0.39 is 6.17 Å². The number of nitrogens with one attached hydrogen (secondary N) is 1. The number of carbonyl (C=O) groups is 1. The number of hydrazone groups is 1. The lowest BCUT2D eigenvalue weighted by molar-refractivity contribution is 0.0951. The maximum atomic E-state index is 12.4. The lowest BCUT2D eigenvalue weighted by Crippen LogP contribution is -2.36. The molecule has 2 aromatic rings. The minimum absolute atomic E-state index is 0.00180. The number of aliphatic hydroxyl groups is 1. The fourth-order valence-electron chi connectivity index (χ4n) is 3.22. The molecule has 0 spiro atoms. The monoisotopic (exact) mass is 376 g/mol. The molecule has 28 heavy (non-hydrogen) atoms. The minimum atomic E-state index is -0.446. The maximum Gasteiger partial charge on any atom is 0.251 e. The average Bonchev–Trinajstić information content (AvgIpc) is 3.45. The van der Waals surface area contributed by atoms with Crippen molar-refractivity contribution in [1.82, 2.24) is 5.32 Å². The summed E-state index contributed by atoms with van der Waals surface area (Å²) >= 11 is 0. The van der Waals surface area contributed by atoms with Crippen molar-refractivity contribution in [3.8, 4) is 0 Å². The lowest BCUT2D eigenvalue weighted by atomic mass is 10.1. The van der Waals surface area contributed by atoms with E-state index in [2.05, 4.69) is 10.4 Å². The van der Waals surface area contributed by atoms with Crippen molar-refractivity contribution in [3.05, 3.63) is 70.3 Å². The van der Waals surface area contributed by atoms with E-state index in [4.69, 9.17) is 5.73 Å². The summed E-state index contributed by atoms with van der Waals surface area (Å²) in [6, 6.07) is 13.6. The van der Waals surface area contributed by atoms with E-state index >= 15 is 0 Å². The van der Waals surface area contributed by atoms with Crippen LogP contribution in [0.3, 0.4) is 0 Å². The molecule has 1 fully saturated rings. The van der Waals surface area contributed by atoms with Gasteiger partial charge in [-0.1, -0.05) is 24.3 Å². The number of carbonyl (C=O) groups excluding carboxylic acids is 1. The van der Waals surface area contributed by atoms with Crippen LogP contribution in [0.15, 0.2) is 53.1 Å². The summed E-state index contributed by atoms with van der Waals surface area (Å²) in [6.07, 6.45) is 5.37. The average molecular weight is 376 g/mol. The first kappa shape index (κ1) is 18.4. The van der Waals surface area contributed by atoms with Gasteiger partial charge in [0.2, 0.25) is 0 Å². The fourth-order valence-corrected chi connectivity index (χ4v) is 3.22. The van der Waals surface area contributed by atoms with Gasteiger partial charge >= 0.3 is 0 Å². The summed E-state index contributed by atoms with van der Waals surface area (Å²) in [4.78, 5) is 12.4. The van der Waals surface area contributed by atoms with Gasteiger partial charge in [-0.3, -0.25) is 4.79 Å². The Balaban J connectivity index is 1.57. The number of nitrogens with zero attached hydrogens (tertiary/aromatic N) is 2. The topological polar surface area (TPSA) is 91.0 Å². The zero-order valence-electron chi connectivity index (χ0n) is 15.8. The highest BCUT2D eigenvalue weighted by Gasteiger charge is 2.27. The molecule has 1 aliphatic carbocycles. The molecule has 1 saturated carbocycles. The molecule has 1 aliphatic heterocycles. The quantitative estimate of drug-likeness (QED) is 0.748. The van der Waals surface area contributed by atoms with Crippen LogP contribution in [0.2, 0.25) is 0 Å². The number of amides is 1. The van der Waals surface area contributed by atoms with Crippen LogP contribution in [0.4, 0.5) is 5.69 Å². The maximum absolute atomic E-state index is 12.4. The molecule has 6 heteroatoms. The highest BCUT2D eigenvalue weighted by molar-refractivity contribution is 5.96. The van der Waals surface area contributed by atoms with Crippen LogP contribution >= 0.6 is 0 Å². The van der Waals surface area contributed by atoms with Gasteiger partial charge in [-0.25, -0.2) is 5.01 Å². The minimum Gasteiger partial charge on any atom is -0.392 e. The zero-order valence-corrected chi connectivity index (χ0v) is 15.8. The number of hydrogen-bond acceptors (Lipinski definition) is 5. The molecule has 1 amide bonds. The Hall–Kier alpha value is -2.96. The number of nitrogens with two attached hydrogens (primary N) is 1. The number of aryl methyl sites for hydroxylation is 1. The summed E-state index contributed by atoms with van der Waals surface area (Å²) in [5.74, 6) is -0.0583. The summed E-state index contributed by atoms with van der Waals surface area (Å²) in [5, 5.41) is 18.5. The summed E-state index contributed by atoms with van der Waals surface area (Å²) in [5.41, 5.74) is 11.5. The summed E-state index contributed by atoms with van der Waals surface area (Å²) in [6.45, 7) is 1.98. The molecule has 2 aromatic carbocycles. The van der Waals surface area contributed by atoms with Crippen LogP contribution in [0.1, 0.15) is 39.9 Å². The highest BCUT2D eigenvalue weighted by Crippen LogP contribution is 2.29. The van der Waals surface area contributed by atoms with Crippen LogP contribution in [-0.4, -0.2) is 29.4 Å². The van der Waals surface area contributed by atoms with Gasteiger partial charge in [0.05, 0.1) is 18.5 Å². The van der Waals surface area contributed by atoms with E-state index in [9.17, 15) is 9.90 Å². The van der Waals surface area contributed by atoms with Crippen molar-refractivity contribution in [3.63, 3.8) is 0 Å². The Kier molecular flexibility index (Phi) is 4.98. The highest BCUT2D eigenvalue weighted by atomic mass is 16.3. The van der Waals surface area contributed by atoms with Crippen molar-refractivity contribution < 1.29 is 9.90 Å². The predicted molar refractivity (Wildman–Crippen MR) is 111 cm³/mol. The molecule has 1 atom stereocenters. The third-order valence-electron chi connectivity index (χ3n) is 5.03. The molecular formula is C22H24N4O2. The largest absolute Gasteiger partial charge is 0.392 e. The zero-order chi connectivity index (χ0) is 19.7. The summed E-state index contributed by atoms with van der Waals surface area (Å²) < 4.78 is 0. The van der Waals surface area contributed by atoms with E-state index in [0.29, 0.717) is 11.6 Å². The third kappa shape index (κ3) is 3.83. The third-order valence-corrected chi connectivity index (χ3v) is 5.03. The molecule has 4 rings (SSSR count). The van der Waals surface area contributed by atoms with Gasteiger partial charge in [-0.05, 0) is 60.7 Å². The van der Waals surface area contributed by atoms with Crippen LogP contribution in [0, 0.1) is 6.92 Å². The Bertz CT molecular complexity index is 963. The van der Waals surface area contributed by atoms with E-state index in [1.54, 1.807) is 11.2 Å². The van der Waals surface area contributed by atoms with Crippen molar-refractivity contribution in [2.75, 3.05) is 5.01 Å². The number of aliphatic hydroxyl groups excluding tert-OH is 1. The first-order chi connectivity index (χ1) is 13.5. The van der Waals surface area contributed by atoms with Gasteiger partial charge in [0.25, 0.3) is 5.91 Å². The van der Waals surface area contributed by atoms with E-state index in [1.165, 1.54) is 0 Å². The molecule has 144 valence electrons. The first-order valence-corrected chi connectivity index (χ1v) is 9.47.